The van der Waals surface area contributed by atoms with E-state index >= 15 is 0 Å². The Labute approximate surface area is 198 Å². The molecule has 1 amide bonds. The maximum absolute atomic E-state index is 12.6. The van der Waals surface area contributed by atoms with Gasteiger partial charge in [0, 0.05) is 4.90 Å². The van der Waals surface area contributed by atoms with Crippen molar-refractivity contribution < 1.29 is 17.9 Å². The lowest BCUT2D eigenvalue weighted by molar-refractivity contribution is -0.121. The number of amides is 1. The van der Waals surface area contributed by atoms with Crippen molar-refractivity contribution in [1.29, 1.82) is 0 Å². The SMILES string of the molecule is CSc1ccc(/C=N\NC(=O)[C@@H](C)N(c2ccc(Oc3ccccc3)cc2)S(C)(=O)=O)cc1. The molecule has 1 N–H and O–H groups in total. The molecule has 0 spiro atoms. The Hall–Kier alpha value is -3.30. The molecule has 3 aromatic carbocycles. The van der Waals surface area contributed by atoms with E-state index in [-0.39, 0.29) is 0 Å². The van der Waals surface area contributed by atoms with E-state index in [1.54, 1.807) is 36.0 Å². The first-order chi connectivity index (χ1) is 15.8. The molecule has 0 aliphatic carbocycles. The molecular weight excluding hydrogens is 458 g/mol. The van der Waals surface area contributed by atoms with Crippen LogP contribution in [0.15, 0.2) is 88.9 Å². The predicted molar refractivity (Wildman–Crippen MR) is 134 cm³/mol. The van der Waals surface area contributed by atoms with Gasteiger partial charge in [-0.2, -0.15) is 5.10 Å². The Morgan fingerprint density at radius 1 is 1.00 bits per heavy atom. The highest BCUT2D eigenvalue weighted by atomic mass is 32.2. The van der Waals surface area contributed by atoms with Crippen molar-refractivity contribution in [3.8, 4) is 11.5 Å². The van der Waals surface area contributed by atoms with Gasteiger partial charge >= 0.3 is 0 Å². The minimum atomic E-state index is -3.74. The number of thioether (sulfide) groups is 1. The molecule has 0 radical (unpaired) electrons. The zero-order valence-corrected chi connectivity index (χ0v) is 20.1. The number of benzene rings is 3. The van der Waals surface area contributed by atoms with Gasteiger partial charge in [-0.3, -0.25) is 9.10 Å². The number of anilines is 1. The monoisotopic (exact) mass is 483 g/mol. The molecule has 0 aliphatic rings. The highest BCUT2D eigenvalue weighted by Gasteiger charge is 2.29. The second kappa shape index (κ2) is 11.0. The largest absolute Gasteiger partial charge is 0.457 e. The Morgan fingerprint density at radius 3 is 2.18 bits per heavy atom. The van der Waals surface area contributed by atoms with E-state index in [9.17, 15) is 13.2 Å². The highest BCUT2D eigenvalue weighted by molar-refractivity contribution is 7.98. The fourth-order valence-electron chi connectivity index (χ4n) is 3.05. The van der Waals surface area contributed by atoms with Gasteiger partial charge in [0.1, 0.15) is 17.5 Å². The van der Waals surface area contributed by atoms with Crippen LogP contribution < -0.4 is 14.5 Å². The van der Waals surface area contributed by atoms with Crippen LogP contribution in [0.5, 0.6) is 11.5 Å². The number of carbonyl (C=O) groups is 1. The van der Waals surface area contributed by atoms with Gasteiger partial charge < -0.3 is 4.74 Å². The van der Waals surface area contributed by atoms with E-state index in [4.69, 9.17) is 4.74 Å². The minimum Gasteiger partial charge on any atom is -0.457 e. The molecule has 3 rings (SSSR count). The molecule has 0 fully saturated rings. The third kappa shape index (κ3) is 6.84. The molecule has 0 saturated heterocycles. The summed E-state index contributed by atoms with van der Waals surface area (Å²) >= 11 is 1.63. The van der Waals surface area contributed by atoms with Crippen LogP contribution in [0.2, 0.25) is 0 Å². The van der Waals surface area contributed by atoms with Crippen LogP contribution in [0.1, 0.15) is 12.5 Å². The average Bonchev–Trinajstić information content (AvgIpc) is 2.80. The minimum absolute atomic E-state index is 0.345. The fraction of sp³-hybridized carbons (Fsp3) is 0.167. The number of hydrazone groups is 1. The maximum Gasteiger partial charge on any atom is 0.263 e. The first-order valence-electron chi connectivity index (χ1n) is 10.1. The van der Waals surface area contributed by atoms with Gasteiger partial charge in [0.25, 0.3) is 5.91 Å². The van der Waals surface area contributed by atoms with Crippen LogP contribution in [0, 0.1) is 0 Å². The number of hydrogen-bond donors (Lipinski definition) is 1. The van der Waals surface area contributed by atoms with Gasteiger partial charge in [0.2, 0.25) is 10.0 Å². The highest BCUT2D eigenvalue weighted by Crippen LogP contribution is 2.27. The van der Waals surface area contributed by atoms with Crippen molar-refractivity contribution in [2.24, 2.45) is 5.10 Å². The fourth-order valence-corrected chi connectivity index (χ4v) is 4.63. The summed E-state index contributed by atoms with van der Waals surface area (Å²) in [6.45, 7) is 1.51. The number of ether oxygens (including phenoxy) is 1. The number of hydrogen-bond acceptors (Lipinski definition) is 6. The predicted octanol–water partition coefficient (Wildman–Crippen LogP) is 4.51. The first kappa shape index (κ1) is 24.3. The Balaban J connectivity index is 1.70. The first-order valence-corrected chi connectivity index (χ1v) is 13.1. The van der Waals surface area contributed by atoms with E-state index < -0.39 is 22.0 Å². The smallest absolute Gasteiger partial charge is 0.263 e. The average molecular weight is 484 g/mol. The summed E-state index contributed by atoms with van der Waals surface area (Å²) in [6.07, 6.45) is 4.55. The van der Waals surface area contributed by atoms with Gasteiger partial charge in [0.05, 0.1) is 18.2 Å². The lowest BCUT2D eigenvalue weighted by Crippen LogP contribution is -2.46. The number of para-hydroxylation sites is 1. The van der Waals surface area contributed by atoms with E-state index in [1.165, 1.54) is 13.1 Å². The van der Waals surface area contributed by atoms with E-state index in [0.717, 1.165) is 21.0 Å². The van der Waals surface area contributed by atoms with Gasteiger partial charge in [-0.05, 0) is 67.3 Å². The number of sulfonamides is 1. The Morgan fingerprint density at radius 2 is 1.61 bits per heavy atom. The summed E-state index contributed by atoms with van der Waals surface area (Å²) in [5.41, 5.74) is 3.58. The van der Waals surface area contributed by atoms with E-state index in [1.807, 2.05) is 60.9 Å². The number of nitrogens with zero attached hydrogens (tertiary/aromatic N) is 2. The van der Waals surface area contributed by atoms with Crippen molar-refractivity contribution in [3.05, 3.63) is 84.4 Å². The molecule has 1 atom stereocenters. The van der Waals surface area contributed by atoms with Gasteiger partial charge in [-0.1, -0.05) is 30.3 Å². The molecule has 33 heavy (non-hydrogen) atoms. The van der Waals surface area contributed by atoms with Crippen LogP contribution >= 0.6 is 11.8 Å². The van der Waals surface area contributed by atoms with Gasteiger partial charge in [0.15, 0.2) is 0 Å². The molecule has 7 nitrogen and oxygen atoms in total. The van der Waals surface area contributed by atoms with E-state index in [2.05, 4.69) is 10.5 Å². The summed E-state index contributed by atoms with van der Waals surface area (Å²) < 4.78 is 31.8. The molecule has 3 aromatic rings. The van der Waals surface area contributed by atoms with Gasteiger partial charge in [-0.25, -0.2) is 13.8 Å². The Bertz CT molecular complexity index is 1200. The molecule has 9 heteroatoms. The second-order valence-electron chi connectivity index (χ2n) is 7.15. The molecule has 0 bridgehead atoms. The number of rotatable bonds is 9. The quantitative estimate of drug-likeness (QED) is 0.275. The summed E-state index contributed by atoms with van der Waals surface area (Å²) in [6, 6.07) is 22.4. The van der Waals surface area contributed by atoms with Crippen LogP contribution in [0.3, 0.4) is 0 Å². The van der Waals surface area contributed by atoms with Crippen molar-refractivity contribution in [2.75, 3.05) is 16.8 Å². The molecule has 0 heterocycles. The summed E-state index contributed by atoms with van der Waals surface area (Å²) in [4.78, 5) is 13.8. The summed E-state index contributed by atoms with van der Waals surface area (Å²) in [5.74, 6) is 0.661. The molecule has 172 valence electrons. The zero-order chi connectivity index (χ0) is 23.8. The Kier molecular flexibility index (Phi) is 8.13. The second-order valence-corrected chi connectivity index (χ2v) is 9.89. The van der Waals surface area contributed by atoms with Crippen molar-refractivity contribution >= 4 is 39.6 Å². The number of carbonyl (C=O) groups excluding carboxylic acids is 1. The molecule has 0 aliphatic heterocycles. The lowest BCUT2D eigenvalue weighted by atomic mass is 10.2. The van der Waals surface area contributed by atoms with Crippen molar-refractivity contribution in [2.45, 2.75) is 17.9 Å². The summed E-state index contributed by atoms with van der Waals surface area (Å²) in [5, 5.41) is 3.96. The molecular formula is C24H25N3O4S2. The maximum atomic E-state index is 12.6. The van der Waals surface area contributed by atoms with Gasteiger partial charge in [-0.15, -0.1) is 11.8 Å². The normalized spacial score (nSPS) is 12.3. The zero-order valence-electron chi connectivity index (χ0n) is 18.5. The molecule has 0 aromatic heterocycles. The standard InChI is InChI=1S/C24H25N3O4S2/c1-18(24(28)26-25-17-19-9-15-23(32-2)16-10-19)27(33(3,29)30)20-11-13-22(14-12-20)31-21-7-5-4-6-8-21/h4-18H,1-3H3,(H,26,28)/b25-17-/t18-/m1/s1. The van der Waals surface area contributed by atoms with Crippen molar-refractivity contribution in [1.82, 2.24) is 5.43 Å². The molecule has 0 unspecified atom stereocenters. The third-order valence-corrected chi connectivity index (χ3v) is 6.65. The number of nitrogens with one attached hydrogen (secondary N) is 1. The third-order valence-electron chi connectivity index (χ3n) is 4.66. The lowest BCUT2D eigenvalue weighted by Gasteiger charge is -2.27. The van der Waals surface area contributed by atoms with Crippen LogP contribution in [0.4, 0.5) is 5.69 Å². The van der Waals surface area contributed by atoms with E-state index in [0.29, 0.717) is 17.2 Å². The van der Waals surface area contributed by atoms with Crippen LogP contribution in [0.25, 0.3) is 0 Å². The van der Waals surface area contributed by atoms with Crippen molar-refractivity contribution in [3.63, 3.8) is 0 Å². The van der Waals surface area contributed by atoms with Crippen LogP contribution in [-0.4, -0.2) is 39.1 Å². The molecule has 0 saturated carbocycles. The topological polar surface area (TPSA) is 88.1 Å². The summed E-state index contributed by atoms with van der Waals surface area (Å²) in [7, 11) is -3.74. The van der Waals surface area contributed by atoms with Crippen LogP contribution in [-0.2, 0) is 14.8 Å².